The molecule has 4 nitrogen and oxygen atoms in total. The summed E-state index contributed by atoms with van der Waals surface area (Å²) < 4.78 is 0. The second kappa shape index (κ2) is 4.06. The zero-order valence-corrected chi connectivity index (χ0v) is 10.8. The molecule has 2 aromatic heterocycles. The van der Waals surface area contributed by atoms with Gasteiger partial charge in [0.1, 0.15) is 5.82 Å². The Hall–Kier alpha value is -2.88. The van der Waals surface area contributed by atoms with Crippen LogP contribution in [0.25, 0.3) is 21.8 Å². The van der Waals surface area contributed by atoms with Crippen LogP contribution in [-0.2, 0) is 0 Å². The van der Waals surface area contributed by atoms with Gasteiger partial charge < -0.3 is 21.0 Å². The zero-order valence-electron chi connectivity index (χ0n) is 10.8. The lowest BCUT2D eigenvalue weighted by Gasteiger charge is -2.07. The van der Waals surface area contributed by atoms with Crippen molar-refractivity contribution < 1.29 is 0 Å². The zero-order chi connectivity index (χ0) is 13.5. The highest BCUT2D eigenvalue weighted by molar-refractivity contribution is 5.97. The molecule has 0 saturated heterocycles. The van der Waals surface area contributed by atoms with Crippen LogP contribution >= 0.6 is 0 Å². The van der Waals surface area contributed by atoms with Crippen LogP contribution in [0.3, 0.4) is 0 Å². The van der Waals surface area contributed by atoms with Crippen molar-refractivity contribution >= 4 is 39.0 Å². The minimum absolute atomic E-state index is 0.735. The molecule has 0 spiro atoms. The normalized spacial score (nSPS) is 11.2. The lowest BCUT2D eigenvalue weighted by molar-refractivity contribution is 1.43. The van der Waals surface area contributed by atoms with Gasteiger partial charge in [-0.3, -0.25) is 0 Å². The van der Waals surface area contributed by atoms with Gasteiger partial charge in [-0.05, 0) is 30.3 Å². The lowest BCUT2D eigenvalue weighted by atomic mass is 10.2. The van der Waals surface area contributed by atoms with Crippen molar-refractivity contribution in [2.45, 2.75) is 0 Å². The standard InChI is InChI=1S/C16H14N4/c17-11-8-14-12(5-6-18-14)15(9-11)20-16-7-10-3-1-2-4-13(10)19-16/h1-9,18-20H,17H2. The summed E-state index contributed by atoms with van der Waals surface area (Å²) in [5.74, 6) is 0.958. The highest BCUT2D eigenvalue weighted by Crippen LogP contribution is 2.29. The molecule has 4 heteroatoms. The van der Waals surface area contributed by atoms with E-state index in [9.17, 15) is 0 Å². The number of benzene rings is 2. The first kappa shape index (κ1) is 11.0. The summed E-state index contributed by atoms with van der Waals surface area (Å²) in [5.41, 5.74) is 9.82. The summed E-state index contributed by atoms with van der Waals surface area (Å²) in [6, 6.07) is 16.2. The number of aromatic nitrogens is 2. The first-order chi connectivity index (χ1) is 9.79. The summed E-state index contributed by atoms with van der Waals surface area (Å²) in [4.78, 5) is 6.54. The van der Waals surface area contributed by atoms with Gasteiger partial charge in [-0.25, -0.2) is 0 Å². The van der Waals surface area contributed by atoms with Gasteiger partial charge in [0.2, 0.25) is 0 Å². The van der Waals surface area contributed by atoms with Gasteiger partial charge >= 0.3 is 0 Å². The van der Waals surface area contributed by atoms with Crippen LogP contribution in [0.4, 0.5) is 17.2 Å². The molecule has 0 aliphatic rings. The van der Waals surface area contributed by atoms with Crippen molar-refractivity contribution in [1.82, 2.24) is 9.97 Å². The number of para-hydroxylation sites is 1. The molecule has 0 aliphatic heterocycles. The van der Waals surface area contributed by atoms with Gasteiger partial charge in [-0.1, -0.05) is 18.2 Å². The van der Waals surface area contributed by atoms with E-state index in [0.29, 0.717) is 0 Å². The van der Waals surface area contributed by atoms with Gasteiger partial charge in [0.25, 0.3) is 0 Å². The van der Waals surface area contributed by atoms with Crippen LogP contribution < -0.4 is 11.1 Å². The maximum absolute atomic E-state index is 5.94. The number of rotatable bonds is 2. The Bertz CT molecular complexity index is 868. The van der Waals surface area contributed by atoms with Crippen molar-refractivity contribution in [3.63, 3.8) is 0 Å². The SMILES string of the molecule is Nc1cc(Nc2cc3ccccc3[nH]2)c2cc[nH]c2c1. The monoisotopic (exact) mass is 262 g/mol. The Morgan fingerprint density at radius 3 is 2.75 bits per heavy atom. The molecule has 0 aliphatic carbocycles. The Morgan fingerprint density at radius 2 is 1.85 bits per heavy atom. The average molecular weight is 262 g/mol. The molecule has 20 heavy (non-hydrogen) atoms. The number of nitrogens with one attached hydrogen (secondary N) is 3. The summed E-state index contributed by atoms with van der Waals surface area (Å²) in [6.07, 6.45) is 1.92. The summed E-state index contributed by atoms with van der Waals surface area (Å²) in [6.45, 7) is 0. The first-order valence-electron chi connectivity index (χ1n) is 6.51. The molecule has 2 heterocycles. The van der Waals surface area contributed by atoms with E-state index in [1.165, 1.54) is 5.39 Å². The second-order valence-electron chi connectivity index (χ2n) is 4.90. The maximum Gasteiger partial charge on any atom is 0.108 e. The van der Waals surface area contributed by atoms with Crippen LogP contribution in [0, 0.1) is 0 Å². The topological polar surface area (TPSA) is 69.6 Å². The molecule has 2 aromatic carbocycles. The number of hydrogen-bond acceptors (Lipinski definition) is 2. The average Bonchev–Trinajstić information content (AvgIpc) is 3.03. The highest BCUT2D eigenvalue weighted by atomic mass is 15.0. The molecule has 0 fully saturated rings. The fraction of sp³-hybridized carbons (Fsp3) is 0. The smallest absolute Gasteiger partial charge is 0.108 e. The molecule has 0 saturated carbocycles. The number of anilines is 3. The maximum atomic E-state index is 5.94. The molecule has 5 N–H and O–H groups in total. The number of H-pyrrole nitrogens is 2. The minimum Gasteiger partial charge on any atom is -0.399 e. The van der Waals surface area contributed by atoms with Crippen LogP contribution in [0.1, 0.15) is 0 Å². The molecular weight excluding hydrogens is 248 g/mol. The molecule has 0 radical (unpaired) electrons. The van der Waals surface area contributed by atoms with E-state index in [1.807, 2.05) is 36.5 Å². The van der Waals surface area contributed by atoms with E-state index in [4.69, 9.17) is 5.73 Å². The lowest BCUT2D eigenvalue weighted by Crippen LogP contribution is -1.93. The third-order valence-corrected chi connectivity index (χ3v) is 3.49. The predicted molar refractivity (Wildman–Crippen MR) is 84.3 cm³/mol. The number of nitrogen functional groups attached to an aromatic ring is 1. The summed E-state index contributed by atoms with van der Waals surface area (Å²) >= 11 is 0. The van der Waals surface area contributed by atoms with Gasteiger partial charge in [0.15, 0.2) is 0 Å². The molecular formula is C16H14N4. The second-order valence-corrected chi connectivity index (χ2v) is 4.90. The van der Waals surface area contributed by atoms with Gasteiger partial charge in [-0.15, -0.1) is 0 Å². The Balaban J connectivity index is 1.81. The van der Waals surface area contributed by atoms with E-state index in [-0.39, 0.29) is 0 Å². The van der Waals surface area contributed by atoms with Crippen molar-refractivity contribution in [2.24, 2.45) is 0 Å². The van der Waals surface area contributed by atoms with Crippen LogP contribution in [0.15, 0.2) is 54.7 Å². The molecule has 0 bridgehead atoms. The number of hydrogen-bond donors (Lipinski definition) is 4. The van der Waals surface area contributed by atoms with E-state index >= 15 is 0 Å². The molecule has 4 rings (SSSR count). The van der Waals surface area contributed by atoms with E-state index in [0.717, 1.165) is 33.6 Å². The number of fused-ring (bicyclic) bond motifs is 2. The molecule has 4 aromatic rings. The summed E-state index contributed by atoms with van der Waals surface area (Å²) in [5, 5.41) is 5.72. The largest absolute Gasteiger partial charge is 0.399 e. The molecule has 0 atom stereocenters. The van der Waals surface area contributed by atoms with Crippen molar-refractivity contribution in [2.75, 3.05) is 11.1 Å². The minimum atomic E-state index is 0.735. The van der Waals surface area contributed by atoms with Crippen LogP contribution in [0.2, 0.25) is 0 Å². The Morgan fingerprint density at radius 1 is 0.950 bits per heavy atom. The molecule has 98 valence electrons. The quantitative estimate of drug-likeness (QED) is 0.413. The number of nitrogens with two attached hydrogens (primary N) is 1. The summed E-state index contributed by atoms with van der Waals surface area (Å²) in [7, 11) is 0. The third kappa shape index (κ3) is 1.70. The van der Waals surface area contributed by atoms with E-state index in [2.05, 4.69) is 33.5 Å². The van der Waals surface area contributed by atoms with Crippen molar-refractivity contribution in [3.8, 4) is 0 Å². The van der Waals surface area contributed by atoms with Gasteiger partial charge in [0.05, 0.1) is 5.69 Å². The Kier molecular flexibility index (Phi) is 2.23. The van der Waals surface area contributed by atoms with Gasteiger partial charge in [0, 0.05) is 33.7 Å². The van der Waals surface area contributed by atoms with E-state index < -0.39 is 0 Å². The van der Waals surface area contributed by atoms with E-state index in [1.54, 1.807) is 0 Å². The Labute approximate surface area is 115 Å². The highest BCUT2D eigenvalue weighted by Gasteiger charge is 2.06. The van der Waals surface area contributed by atoms with Crippen molar-refractivity contribution in [1.29, 1.82) is 0 Å². The first-order valence-corrected chi connectivity index (χ1v) is 6.51. The number of aromatic amines is 2. The third-order valence-electron chi connectivity index (χ3n) is 3.49. The predicted octanol–water partition coefficient (Wildman–Crippen LogP) is 3.98. The van der Waals surface area contributed by atoms with Crippen LogP contribution in [-0.4, -0.2) is 9.97 Å². The van der Waals surface area contributed by atoms with Crippen molar-refractivity contribution in [3.05, 3.63) is 54.7 Å². The molecule has 0 unspecified atom stereocenters. The fourth-order valence-electron chi connectivity index (χ4n) is 2.58. The fourth-order valence-corrected chi connectivity index (χ4v) is 2.58. The van der Waals surface area contributed by atoms with Crippen LogP contribution in [0.5, 0.6) is 0 Å². The molecule has 0 amide bonds. The van der Waals surface area contributed by atoms with Gasteiger partial charge in [-0.2, -0.15) is 0 Å².